The fourth-order valence-corrected chi connectivity index (χ4v) is 2.55. The van der Waals surface area contributed by atoms with E-state index in [1.54, 1.807) is 12.3 Å². The fourth-order valence-electron chi connectivity index (χ4n) is 2.55. The topological polar surface area (TPSA) is 31.2 Å². The van der Waals surface area contributed by atoms with E-state index in [0.29, 0.717) is 5.56 Å². The number of aromatic nitrogens is 1. The molecule has 1 aromatic heterocycles. The van der Waals surface area contributed by atoms with E-state index in [9.17, 15) is 9.18 Å². The van der Waals surface area contributed by atoms with Gasteiger partial charge in [0.15, 0.2) is 0 Å². The average molecular weight is 283 g/mol. The summed E-state index contributed by atoms with van der Waals surface area (Å²) in [6, 6.07) is 11.9. The maximum absolute atomic E-state index is 14.1. The molecule has 0 N–H and O–H groups in total. The van der Waals surface area contributed by atoms with Crippen LogP contribution in [0.1, 0.15) is 15.9 Å². The van der Waals surface area contributed by atoms with E-state index < -0.39 is 5.82 Å². The first-order valence-electron chi connectivity index (χ1n) is 6.54. The lowest BCUT2D eigenvalue weighted by atomic mass is 10.0. The van der Waals surface area contributed by atoms with Gasteiger partial charge >= 0.3 is 0 Å². The van der Waals surface area contributed by atoms with E-state index in [0.717, 1.165) is 10.9 Å². The van der Waals surface area contributed by atoms with Crippen LogP contribution in [0.4, 0.5) is 4.39 Å². The molecule has 0 saturated carbocycles. The predicted octanol–water partition coefficient (Wildman–Crippen LogP) is 3.56. The molecular weight excluding hydrogens is 269 g/mol. The van der Waals surface area contributed by atoms with Crippen molar-refractivity contribution < 1.29 is 13.9 Å². The summed E-state index contributed by atoms with van der Waals surface area (Å²) in [6.07, 6.45) is 1.72. The minimum atomic E-state index is -0.577. The van der Waals surface area contributed by atoms with Gasteiger partial charge < -0.3 is 9.30 Å². The van der Waals surface area contributed by atoms with Crippen LogP contribution in [-0.4, -0.2) is 17.5 Å². The third-order valence-corrected chi connectivity index (χ3v) is 3.56. The van der Waals surface area contributed by atoms with Crippen LogP contribution in [0.5, 0.6) is 5.75 Å². The Bertz CT molecular complexity index is 836. The molecule has 0 aliphatic carbocycles. The lowest BCUT2D eigenvalue weighted by molar-refractivity contribution is 0.103. The highest BCUT2D eigenvalue weighted by Gasteiger charge is 2.22. The van der Waals surface area contributed by atoms with Gasteiger partial charge in [-0.05, 0) is 18.2 Å². The molecule has 0 aliphatic heterocycles. The Kier molecular flexibility index (Phi) is 3.22. The monoisotopic (exact) mass is 283 g/mol. The summed E-state index contributed by atoms with van der Waals surface area (Å²) in [5.41, 5.74) is 1.36. The highest BCUT2D eigenvalue weighted by molar-refractivity contribution is 6.17. The molecule has 0 bridgehead atoms. The Morgan fingerprint density at radius 1 is 1.14 bits per heavy atom. The lowest BCUT2D eigenvalue weighted by Crippen LogP contribution is -2.06. The Labute approximate surface area is 121 Å². The van der Waals surface area contributed by atoms with Gasteiger partial charge in [-0.3, -0.25) is 4.79 Å². The SMILES string of the molecule is COc1cccc(F)c1C(=O)c1cn(C)c2ccccc12. The van der Waals surface area contributed by atoms with Crippen molar-refractivity contribution in [2.24, 2.45) is 7.05 Å². The number of rotatable bonds is 3. The number of carbonyl (C=O) groups excluding carboxylic acids is 1. The first-order valence-corrected chi connectivity index (χ1v) is 6.54. The van der Waals surface area contributed by atoms with Crippen molar-refractivity contribution >= 4 is 16.7 Å². The molecule has 0 spiro atoms. The summed E-state index contributed by atoms with van der Waals surface area (Å²) in [5, 5.41) is 0.801. The molecule has 3 nitrogen and oxygen atoms in total. The van der Waals surface area contributed by atoms with Crippen LogP contribution in [0.15, 0.2) is 48.7 Å². The summed E-state index contributed by atoms with van der Waals surface area (Å²) in [7, 11) is 3.28. The Morgan fingerprint density at radius 2 is 1.90 bits per heavy atom. The number of nitrogens with zero attached hydrogens (tertiary/aromatic N) is 1. The summed E-state index contributed by atoms with van der Waals surface area (Å²) >= 11 is 0. The molecule has 0 atom stereocenters. The summed E-state index contributed by atoms with van der Waals surface area (Å²) in [4.78, 5) is 12.7. The fraction of sp³-hybridized carbons (Fsp3) is 0.118. The van der Waals surface area contributed by atoms with Crippen LogP contribution in [0.25, 0.3) is 10.9 Å². The van der Waals surface area contributed by atoms with Crippen molar-refractivity contribution in [1.82, 2.24) is 4.57 Å². The number of benzene rings is 2. The molecule has 0 aliphatic rings. The normalized spacial score (nSPS) is 10.8. The maximum atomic E-state index is 14.1. The molecule has 0 saturated heterocycles. The van der Waals surface area contributed by atoms with Gasteiger partial charge in [0, 0.05) is 29.7 Å². The van der Waals surface area contributed by atoms with Crippen molar-refractivity contribution in [2.45, 2.75) is 0 Å². The zero-order chi connectivity index (χ0) is 15.0. The molecule has 0 radical (unpaired) electrons. The van der Waals surface area contributed by atoms with Crippen LogP contribution >= 0.6 is 0 Å². The highest BCUT2D eigenvalue weighted by Crippen LogP contribution is 2.28. The van der Waals surface area contributed by atoms with Crippen molar-refractivity contribution in [3.8, 4) is 5.75 Å². The highest BCUT2D eigenvalue weighted by atomic mass is 19.1. The van der Waals surface area contributed by atoms with Gasteiger partial charge in [-0.25, -0.2) is 4.39 Å². The van der Waals surface area contributed by atoms with Gasteiger partial charge in [-0.1, -0.05) is 24.3 Å². The van der Waals surface area contributed by atoms with Crippen molar-refractivity contribution in [2.75, 3.05) is 7.11 Å². The third kappa shape index (κ3) is 2.09. The minimum absolute atomic E-state index is 0.0312. The van der Waals surface area contributed by atoms with E-state index in [4.69, 9.17) is 4.74 Å². The second kappa shape index (κ2) is 5.05. The average Bonchev–Trinajstić information content (AvgIpc) is 2.84. The maximum Gasteiger partial charge on any atom is 0.201 e. The number of hydrogen-bond acceptors (Lipinski definition) is 2. The van der Waals surface area contributed by atoms with E-state index in [2.05, 4.69) is 0 Å². The number of fused-ring (bicyclic) bond motifs is 1. The number of hydrogen-bond donors (Lipinski definition) is 0. The Hall–Kier alpha value is -2.62. The molecule has 3 aromatic rings. The molecule has 3 rings (SSSR count). The molecule has 0 amide bonds. The predicted molar refractivity (Wildman–Crippen MR) is 79.3 cm³/mol. The molecule has 1 heterocycles. The smallest absolute Gasteiger partial charge is 0.201 e. The van der Waals surface area contributed by atoms with Gasteiger partial charge in [0.1, 0.15) is 17.1 Å². The molecule has 2 aromatic carbocycles. The number of halogens is 1. The second-order valence-corrected chi connectivity index (χ2v) is 4.82. The van der Waals surface area contributed by atoms with E-state index >= 15 is 0 Å². The summed E-state index contributed by atoms with van der Waals surface area (Å²) in [6.45, 7) is 0. The van der Waals surface area contributed by atoms with Crippen LogP contribution in [0, 0.1) is 5.82 Å². The van der Waals surface area contributed by atoms with E-state index in [1.807, 2.05) is 35.9 Å². The molecule has 4 heteroatoms. The van der Waals surface area contributed by atoms with Crippen LogP contribution in [0.2, 0.25) is 0 Å². The van der Waals surface area contributed by atoms with Gasteiger partial charge in [0.05, 0.1) is 7.11 Å². The van der Waals surface area contributed by atoms with Crippen molar-refractivity contribution in [1.29, 1.82) is 0 Å². The molecular formula is C17H14FNO2. The van der Waals surface area contributed by atoms with E-state index in [-0.39, 0.29) is 17.1 Å². The van der Waals surface area contributed by atoms with E-state index in [1.165, 1.54) is 19.2 Å². The lowest BCUT2D eigenvalue weighted by Gasteiger charge is -2.07. The first kappa shape index (κ1) is 13.4. The molecule has 106 valence electrons. The summed E-state index contributed by atoms with van der Waals surface area (Å²) < 4.78 is 21.0. The number of ketones is 1. The molecule has 0 fully saturated rings. The number of aryl methyl sites for hydroxylation is 1. The molecule has 0 unspecified atom stereocenters. The number of ether oxygens (including phenoxy) is 1. The second-order valence-electron chi connectivity index (χ2n) is 4.82. The first-order chi connectivity index (χ1) is 10.1. The van der Waals surface area contributed by atoms with Crippen molar-refractivity contribution in [3.63, 3.8) is 0 Å². The Morgan fingerprint density at radius 3 is 2.67 bits per heavy atom. The van der Waals surface area contributed by atoms with Gasteiger partial charge in [0.2, 0.25) is 5.78 Å². The number of methoxy groups -OCH3 is 1. The van der Waals surface area contributed by atoms with Gasteiger partial charge in [-0.2, -0.15) is 0 Å². The van der Waals surface area contributed by atoms with Crippen LogP contribution < -0.4 is 4.74 Å². The third-order valence-electron chi connectivity index (χ3n) is 3.56. The number of carbonyl (C=O) groups is 1. The van der Waals surface area contributed by atoms with Gasteiger partial charge in [-0.15, -0.1) is 0 Å². The van der Waals surface area contributed by atoms with Crippen LogP contribution in [0.3, 0.4) is 0 Å². The summed E-state index contributed by atoms with van der Waals surface area (Å²) in [5.74, 6) is -0.707. The van der Waals surface area contributed by atoms with Crippen LogP contribution in [-0.2, 0) is 7.05 Å². The van der Waals surface area contributed by atoms with Gasteiger partial charge in [0.25, 0.3) is 0 Å². The van der Waals surface area contributed by atoms with Crippen molar-refractivity contribution in [3.05, 3.63) is 65.6 Å². The largest absolute Gasteiger partial charge is 0.496 e. The zero-order valence-electron chi connectivity index (χ0n) is 11.8. The zero-order valence-corrected chi connectivity index (χ0v) is 11.8. The quantitative estimate of drug-likeness (QED) is 0.688. The molecule has 21 heavy (non-hydrogen) atoms. The minimum Gasteiger partial charge on any atom is -0.496 e. The number of para-hydroxylation sites is 1. The Balaban J connectivity index is 2.23. The standard InChI is InChI=1S/C17H14FNO2/c1-19-10-12(11-6-3-4-8-14(11)19)17(20)16-13(18)7-5-9-15(16)21-2/h3-10H,1-2H3.